The van der Waals surface area contributed by atoms with Crippen molar-refractivity contribution in [2.45, 2.75) is 50.3 Å². The van der Waals surface area contributed by atoms with Crippen LogP contribution in [-0.4, -0.2) is 59.8 Å². The highest BCUT2D eigenvalue weighted by atomic mass is 16.8. The SMILES string of the molecule is CO[C@H]1O[C@H]([C@H](O)C(=O)O)[C@@H]2OC(C)(C)O[C@H]12. The largest absolute Gasteiger partial charge is 0.479 e. The molecule has 7 nitrogen and oxygen atoms in total. The van der Waals surface area contributed by atoms with Crippen molar-refractivity contribution in [3.63, 3.8) is 0 Å². The molecule has 98 valence electrons. The van der Waals surface area contributed by atoms with Crippen LogP contribution in [0.4, 0.5) is 0 Å². The van der Waals surface area contributed by atoms with Gasteiger partial charge in [0.2, 0.25) is 0 Å². The zero-order valence-corrected chi connectivity index (χ0v) is 9.82. The number of rotatable bonds is 3. The number of carboxylic acids is 1. The van der Waals surface area contributed by atoms with E-state index >= 15 is 0 Å². The normalized spacial score (nSPS) is 41.2. The van der Waals surface area contributed by atoms with Gasteiger partial charge in [0, 0.05) is 7.11 Å². The Morgan fingerprint density at radius 2 is 1.94 bits per heavy atom. The van der Waals surface area contributed by atoms with Crippen molar-refractivity contribution in [1.29, 1.82) is 0 Å². The summed E-state index contributed by atoms with van der Waals surface area (Å²) in [5.74, 6) is -2.20. The number of carboxylic acid groups (broad SMARTS) is 1. The molecule has 0 aromatic heterocycles. The summed E-state index contributed by atoms with van der Waals surface area (Å²) < 4.78 is 21.4. The van der Waals surface area contributed by atoms with Gasteiger partial charge in [-0.05, 0) is 13.8 Å². The van der Waals surface area contributed by atoms with Crippen LogP contribution in [0.3, 0.4) is 0 Å². The van der Waals surface area contributed by atoms with Crippen molar-refractivity contribution >= 4 is 5.97 Å². The molecule has 2 N–H and O–H groups in total. The molecule has 0 amide bonds. The lowest BCUT2D eigenvalue weighted by Crippen LogP contribution is -2.42. The molecule has 0 unspecified atom stereocenters. The van der Waals surface area contributed by atoms with Crippen LogP contribution in [0.2, 0.25) is 0 Å². The minimum Gasteiger partial charge on any atom is -0.479 e. The third kappa shape index (κ3) is 2.16. The number of ether oxygens (including phenoxy) is 4. The summed E-state index contributed by atoms with van der Waals surface area (Å²) in [5, 5.41) is 18.3. The van der Waals surface area contributed by atoms with Crippen molar-refractivity contribution in [1.82, 2.24) is 0 Å². The molecule has 0 radical (unpaired) electrons. The maximum atomic E-state index is 10.8. The number of carbonyl (C=O) groups is 1. The minimum absolute atomic E-state index is 0.533. The van der Waals surface area contributed by atoms with Gasteiger partial charge in [-0.25, -0.2) is 4.79 Å². The number of hydrogen-bond acceptors (Lipinski definition) is 6. The summed E-state index contributed by atoms with van der Waals surface area (Å²) in [6.07, 6.45) is -4.58. The predicted molar refractivity (Wildman–Crippen MR) is 53.1 cm³/mol. The zero-order valence-electron chi connectivity index (χ0n) is 9.82. The first-order valence-corrected chi connectivity index (χ1v) is 5.30. The first-order chi connectivity index (χ1) is 7.85. The number of aliphatic carboxylic acids is 1. The van der Waals surface area contributed by atoms with Crippen molar-refractivity contribution in [2.24, 2.45) is 0 Å². The topological polar surface area (TPSA) is 94.5 Å². The van der Waals surface area contributed by atoms with E-state index in [2.05, 4.69) is 0 Å². The third-order valence-electron chi connectivity index (χ3n) is 2.84. The summed E-state index contributed by atoms with van der Waals surface area (Å²) in [5.41, 5.74) is 0. The highest BCUT2D eigenvalue weighted by Gasteiger charge is 2.58. The second kappa shape index (κ2) is 4.18. The number of aliphatic hydroxyl groups is 1. The number of hydrogen-bond donors (Lipinski definition) is 2. The van der Waals surface area contributed by atoms with Gasteiger partial charge >= 0.3 is 5.97 Å². The Labute approximate surface area is 98.2 Å². The standard InChI is InChI=1S/C10H16O7/c1-10(2)16-6-5(4(11)8(12)13)15-9(14-3)7(6)17-10/h4-7,9,11H,1-3H3,(H,12,13)/t4-,5+,6-,7-,9-/m0/s1. The fourth-order valence-corrected chi connectivity index (χ4v) is 2.18. The Kier molecular flexibility index (Phi) is 3.13. The molecule has 2 aliphatic heterocycles. The molecule has 2 saturated heterocycles. The number of methoxy groups -OCH3 is 1. The fraction of sp³-hybridized carbons (Fsp3) is 0.900. The fourth-order valence-electron chi connectivity index (χ4n) is 2.18. The molecule has 0 saturated carbocycles. The first kappa shape index (κ1) is 12.7. The van der Waals surface area contributed by atoms with Crippen LogP contribution in [0.5, 0.6) is 0 Å². The quantitative estimate of drug-likeness (QED) is 0.683. The van der Waals surface area contributed by atoms with Gasteiger partial charge in [-0.15, -0.1) is 0 Å². The third-order valence-corrected chi connectivity index (χ3v) is 2.84. The molecule has 0 aliphatic carbocycles. The van der Waals surface area contributed by atoms with E-state index in [0.717, 1.165) is 0 Å². The molecule has 2 aliphatic rings. The first-order valence-electron chi connectivity index (χ1n) is 5.30. The lowest BCUT2D eigenvalue weighted by molar-refractivity contribution is -0.237. The molecule has 0 spiro atoms. The van der Waals surface area contributed by atoms with Gasteiger partial charge < -0.3 is 29.2 Å². The molecule has 2 rings (SSSR count). The van der Waals surface area contributed by atoms with Crippen LogP contribution in [0.1, 0.15) is 13.8 Å². The number of fused-ring (bicyclic) bond motifs is 1. The van der Waals surface area contributed by atoms with Crippen molar-refractivity contribution in [3.05, 3.63) is 0 Å². The van der Waals surface area contributed by atoms with E-state index < -0.39 is 42.5 Å². The molecule has 0 bridgehead atoms. The maximum absolute atomic E-state index is 10.8. The second-order valence-electron chi connectivity index (χ2n) is 4.55. The molecule has 17 heavy (non-hydrogen) atoms. The van der Waals surface area contributed by atoms with Gasteiger partial charge in [-0.3, -0.25) is 0 Å². The van der Waals surface area contributed by atoms with Crippen molar-refractivity contribution in [2.75, 3.05) is 7.11 Å². The van der Waals surface area contributed by atoms with E-state index in [1.54, 1.807) is 13.8 Å². The van der Waals surface area contributed by atoms with Crippen LogP contribution in [0, 0.1) is 0 Å². The molecule has 5 atom stereocenters. The second-order valence-corrected chi connectivity index (χ2v) is 4.55. The highest BCUT2D eigenvalue weighted by molar-refractivity contribution is 5.73. The van der Waals surface area contributed by atoms with Crippen molar-refractivity contribution < 1.29 is 34.0 Å². The van der Waals surface area contributed by atoms with Gasteiger partial charge in [0.25, 0.3) is 0 Å². The summed E-state index contributed by atoms with van der Waals surface area (Å²) in [7, 11) is 1.42. The van der Waals surface area contributed by atoms with Crippen LogP contribution in [0.25, 0.3) is 0 Å². The minimum atomic E-state index is -1.67. The summed E-state index contributed by atoms with van der Waals surface area (Å²) >= 11 is 0. The van der Waals surface area contributed by atoms with Gasteiger partial charge in [0.05, 0.1) is 0 Å². The van der Waals surface area contributed by atoms with Gasteiger partial charge in [-0.1, -0.05) is 0 Å². The van der Waals surface area contributed by atoms with E-state index in [0.29, 0.717) is 0 Å². The summed E-state index contributed by atoms with van der Waals surface area (Å²) in [6.45, 7) is 3.42. The van der Waals surface area contributed by atoms with E-state index in [1.807, 2.05) is 0 Å². The van der Waals surface area contributed by atoms with Gasteiger partial charge in [0.1, 0.15) is 18.3 Å². The Morgan fingerprint density at radius 1 is 1.35 bits per heavy atom. The number of aliphatic hydroxyl groups excluding tert-OH is 1. The zero-order chi connectivity index (χ0) is 12.8. The van der Waals surface area contributed by atoms with Crippen LogP contribution >= 0.6 is 0 Å². The predicted octanol–water partition coefficient (Wildman–Crippen LogP) is -0.677. The van der Waals surface area contributed by atoms with Gasteiger partial charge in [-0.2, -0.15) is 0 Å². The molecule has 2 heterocycles. The van der Waals surface area contributed by atoms with E-state index in [9.17, 15) is 9.90 Å². The van der Waals surface area contributed by atoms with E-state index in [4.69, 9.17) is 24.1 Å². The Bertz CT molecular complexity index is 316. The molecular formula is C10H16O7. The molecular weight excluding hydrogens is 232 g/mol. The van der Waals surface area contributed by atoms with E-state index in [-0.39, 0.29) is 0 Å². The lowest BCUT2D eigenvalue weighted by Gasteiger charge is -2.24. The Balaban J connectivity index is 2.18. The molecule has 0 aromatic rings. The average Bonchev–Trinajstić information content (AvgIpc) is 2.69. The lowest BCUT2D eigenvalue weighted by atomic mass is 10.1. The smallest absolute Gasteiger partial charge is 0.335 e. The van der Waals surface area contributed by atoms with E-state index in [1.165, 1.54) is 7.11 Å². The van der Waals surface area contributed by atoms with Crippen LogP contribution < -0.4 is 0 Å². The summed E-state index contributed by atoms with van der Waals surface area (Å²) in [6, 6.07) is 0. The van der Waals surface area contributed by atoms with Crippen LogP contribution in [-0.2, 0) is 23.7 Å². The monoisotopic (exact) mass is 248 g/mol. The Morgan fingerprint density at radius 3 is 2.47 bits per heavy atom. The Hall–Kier alpha value is -0.730. The molecule has 2 fully saturated rings. The highest BCUT2D eigenvalue weighted by Crippen LogP contribution is 2.39. The van der Waals surface area contributed by atoms with Gasteiger partial charge in [0.15, 0.2) is 18.2 Å². The molecule has 0 aromatic carbocycles. The van der Waals surface area contributed by atoms with Crippen LogP contribution in [0.15, 0.2) is 0 Å². The summed E-state index contributed by atoms with van der Waals surface area (Å²) in [4.78, 5) is 10.8. The average molecular weight is 248 g/mol. The molecule has 7 heteroatoms. The maximum Gasteiger partial charge on any atom is 0.335 e. The van der Waals surface area contributed by atoms with Crippen molar-refractivity contribution in [3.8, 4) is 0 Å².